The number of aryl methyl sites for hydroxylation is 1. The van der Waals surface area contributed by atoms with Crippen LogP contribution in [0.25, 0.3) is 0 Å². The number of benzene rings is 1. The van der Waals surface area contributed by atoms with Crippen molar-refractivity contribution in [3.8, 4) is 0 Å². The summed E-state index contributed by atoms with van der Waals surface area (Å²) in [6, 6.07) is 5.17. The minimum Gasteiger partial charge on any atom is -0.309 e. The highest BCUT2D eigenvalue weighted by atomic mass is 32.1. The van der Waals surface area contributed by atoms with Crippen LogP contribution in [0.3, 0.4) is 0 Å². The lowest BCUT2D eigenvalue weighted by molar-refractivity contribution is 0.547. The molecule has 0 radical (unpaired) electrons. The van der Waals surface area contributed by atoms with Crippen molar-refractivity contribution in [1.29, 1.82) is 0 Å². The Hall–Kier alpha value is -1.33. The van der Waals surface area contributed by atoms with E-state index >= 15 is 0 Å². The third-order valence-corrected chi connectivity index (χ3v) is 4.44. The molecule has 2 rings (SSSR count). The molecule has 0 saturated carbocycles. The predicted octanol–water partition coefficient (Wildman–Crippen LogP) is 4.00. The van der Waals surface area contributed by atoms with Crippen LogP contribution >= 0.6 is 11.5 Å². The molecular weight excluding hydrogens is 285 g/mol. The predicted molar refractivity (Wildman–Crippen MR) is 85.3 cm³/mol. The maximum absolute atomic E-state index is 13.2. The summed E-state index contributed by atoms with van der Waals surface area (Å²) in [5.41, 5.74) is 3.21. The summed E-state index contributed by atoms with van der Waals surface area (Å²) < 4.78 is 17.4. The van der Waals surface area contributed by atoms with E-state index < -0.39 is 0 Å². The first kappa shape index (κ1) is 16.0. The molecule has 1 unspecified atom stereocenters. The van der Waals surface area contributed by atoms with Crippen molar-refractivity contribution in [2.75, 3.05) is 6.54 Å². The number of halogens is 1. The number of aromatic nitrogens is 2. The van der Waals surface area contributed by atoms with Crippen molar-refractivity contribution in [1.82, 2.24) is 14.9 Å². The van der Waals surface area contributed by atoms with Gasteiger partial charge in [-0.1, -0.05) is 31.3 Å². The third kappa shape index (κ3) is 3.86. The standard InChI is InChI=1S/C16H22FN3S/c1-5-18-14(16-15(10(2)3)19-20-21-16)9-12-6-7-13(17)8-11(12)4/h6-8,10,14,18H,5,9H2,1-4H3. The Balaban J connectivity index is 2.28. The number of likely N-dealkylation sites (N-methyl/N-ethyl adjacent to an activating group) is 1. The fourth-order valence-corrected chi connectivity index (χ4v) is 3.34. The molecule has 1 aromatic carbocycles. The molecule has 0 bridgehead atoms. The van der Waals surface area contributed by atoms with Gasteiger partial charge in [-0.15, -0.1) is 5.10 Å². The van der Waals surface area contributed by atoms with E-state index in [0.29, 0.717) is 5.92 Å². The summed E-state index contributed by atoms with van der Waals surface area (Å²) in [7, 11) is 0. The van der Waals surface area contributed by atoms with Crippen LogP contribution < -0.4 is 5.32 Å². The second-order valence-corrected chi connectivity index (χ2v) is 6.35. The minimum atomic E-state index is -0.182. The maximum Gasteiger partial charge on any atom is 0.123 e. The molecule has 3 nitrogen and oxygen atoms in total. The third-order valence-electron chi connectivity index (χ3n) is 3.58. The Kier molecular flexibility index (Phi) is 5.42. The molecule has 0 aliphatic rings. The Morgan fingerprint density at radius 1 is 1.33 bits per heavy atom. The van der Waals surface area contributed by atoms with Crippen molar-refractivity contribution in [3.05, 3.63) is 45.7 Å². The normalized spacial score (nSPS) is 12.9. The Labute approximate surface area is 129 Å². The fourth-order valence-electron chi connectivity index (χ4n) is 2.46. The second-order valence-electron chi connectivity index (χ2n) is 5.56. The van der Waals surface area contributed by atoms with E-state index in [9.17, 15) is 4.39 Å². The molecule has 1 N–H and O–H groups in total. The fraction of sp³-hybridized carbons (Fsp3) is 0.500. The lowest BCUT2D eigenvalue weighted by Crippen LogP contribution is -2.23. The number of nitrogens with zero attached hydrogens (tertiary/aromatic N) is 2. The van der Waals surface area contributed by atoms with Crippen LogP contribution in [0.5, 0.6) is 0 Å². The molecule has 5 heteroatoms. The topological polar surface area (TPSA) is 37.8 Å². The molecule has 21 heavy (non-hydrogen) atoms. The first-order valence-corrected chi connectivity index (χ1v) is 8.10. The van der Waals surface area contributed by atoms with Crippen LogP contribution in [0.1, 0.15) is 54.4 Å². The van der Waals surface area contributed by atoms with E-state index in [1.807, 2.05) is 13.0 Å². The van der Waals surface area contributed by atoms with Gasteiger partial charge in [0.25, 0.3) is 0 Å². The molecule has 0 aliphatic carbocycles. The van der Waals surface area contributed by atoms with Crippen LogP contribution in [-0.2, 0) is 6.42 Å². The molecule has 0 spiro atoms. The first-order valence-electron chi connectivity index (χ1n) is 7.33. The highest BCUT2D eigenvalue weighted by Gasteiger charge is 2.21. The monoisotopic (exact) mass is 307 g/mol. The molecule has 114 valence electrons. The lowest BCUT2D eigenvalue weighted by atomic mass is 9.97. The molecule has 1 aromatic heterocycles. The molecule has 0 fully saturated rings. The van der Waals surface area contributed by atoms with Crippen LogP contribution in [0, 0.1) is 12.7 Å². The molecule has 0 amide bonds. The van der Waals surface area contributed by atoms with Crippen molar-refractivity contribution in [2.24, 2.45) is 0 Å². The summed E-state index contributed by atoms with van der Waals surface area (Å²) in [5, 5.41) is 7.77. The number of hydrogen-bond acceptors (Lipinski definition) is 4. The van der Waals surface area contributed by atoms with Crippen LogP contribution in [0.15, 0.2) is 18.2 Å². The molecule has 1 heterocycles. The van der Waals surface area contributed by atoms with Gasteiger partial charge in [0.1, 0.15) is 5.82 Å². The van der Waals surface area contributed by atoms with Gasteiger partial charge < -0.3 is 5.32 Å². The maximum atomic E-state index is 13.2. The summed E-state index contributed by atoms with van der Waals surface area (Å²) in [6.07, 6.45) is 0.823. The van der Waals surface area contributed by atoms with Crippen molar-refractivity contribution >= 4 is 11.5 Å². The SMILES string of the molecule is CCNC(Cc1ccc(F)cc1C)c1snnc1C(C)C. The first-order chi connectivity index (χ1) is 10.0. The van der Waals surface area contributed by atoms with Gasteiger partial charge in [-0.3, -0.25) is 0 Å². The smallest absolute Gasteiger partial charge is 0.123 e. The van der Waals surface area contributed by atoms with E-state index in [0.717, 1.165) is 29.8 Å². The van der Waals surface area contributed by atoms with Crippen LogP contribution in [0.4, 0.5) is 4.39 Å². The highest BCUT2D eigenvalue weighted by Crippen LogP contribution is 2.29. The van der Waals surface area contributed by atoms with Gasteiger partial charge in [-0.25, -0.2) is 4.39 Å². The van der Waals surface area contributed by atoms with E-state index in [1.54, 1.807) is 6.07 Å². The van der Waals surface area contributed by atoms with Gasteiger partial charge in [0.15, 0.2) is 0 Å². The van der Waals surface area contributed by atoms with Gasteiger partial charge in [-0.05, 0) is 60.6 Å². The number of hydrogen-bond donors (Lipinski definition) is 1. The van der Waals surface area contributed by atoms with Crippen molar-refractivity contribution in [3.63, 3.8) is 0 Å². The lowest BCUT2D eigenvalue weighted by Gasteiger charge is -2.19. The summed E-state index contributed by atoms with van der Waals surface area (Å²) in [4.78, 5) is 1.19. The molecule has 0 saturated heterocycles. The van der Waals surface area contributed by atoms with Gasteiger partial charge in [-0.2, -0.15) is 0 Å². The minimum absolute atomic E-state index is 0.177. The average molecular weight is 307 g/mol. The van der Waals surface area contributed by atoms with Gasteiger partial charge >= 0.3 is 0 Å². The van der Waals surface area contributed by atoms with Crippen molar-refractivity contribution < 1.29 is 4.39 Å². The van der Waals surface area contributed by atoms with Crippen LogP contribution in [0.2, 0.25) is 0 Å². The Morgan fingerprint density at radius 2 is 2.10 bits per heavy atom. The van der Waals surface area contributed by atoms with E-state index in [1.165, 1.54) is 22.5 Å². The summed E-state index contributed by atoms with van der Waals surface area (Å²) >= 11 is 1.46. The summed E-state index contributed by atoms with van der Waals surface area (Å²) in [5.74, 6) is 0.174. The highest BCUT2D eigenvalue weighted by molar-refractivity contribution is 7.05. The quantitative estimate of drug-likeness (QED) is 0.876. The zero-order chi connectivity index (χ0) is 15.4. The van der Waals surface area contributed by atoms with E-state index in [-0.39, 0.29) is 11.9 Å². The molecule has 2 aromatic rings. The molecule has 0 aliphatic heterocycles. The largest absolute Gasteiger partial charge is 0.309 e. The number of rotatable bonds is 6. The zero-order valence-electron chi connectivity index (χ0n) is 13.0. The van der Waals surface area contributed by atoms with Gasteiger partial charge in [0, 0.05) is 6.04 Å². The van der Waals surface area contributed by atoms with Gasteiger partial charge in [0.05, 0.1) is 10.6 Å². The average Bonchev–Trinajstić information content (AvgIpc) is 2.90. The Morgan fingerprint density at radius 3 is 2.71 bits per heavy atom. The molecule has 1 atom stereocenters. The van der Waals surface area contributed by atoms with Crippen molar-refractivity contribution in [2.45, 2.75) is 46.1 Å². The zero-order valence-corrected chi connectivity index (χ0v) is 13.8. The van der Waals surface area contributed by atoms with Crippen LogP contribution in [-0.4, -0.2) is 16.1 Å². The number of nitrogens with one attached hydrogen (secondary N) is 1. The Bertz CT molecular complexity index is 595. The second kappa shape index (κ2) is 7.09. The van der Waals surface area contributed by atoms with E-state index in [4.69, 9.17) is 0 Å². The van der Waals surface area contributed by atoms with E-state index in [2.05, 4.69) is 35.7 Å². The van der Waals surface area contributed by atoms with Gasteiger partial charge in [0.2, 0.25) is 0 Å². The molecular formula is C16H22FN3S. The summed E-state index contributed by atoms with van der Waals surface area (Å²) in [6.45, 7) is 9.18.